The van der Waals surface area contributed by atoms with Gasteiger partial charge >= 0.3 is 0 Å². The zero-order valence-electron chi connectivity index (χ0n) is 9.06. The van der Waals surface area contributed by atoms with Crippen LogP contribution in [0.3, 0.4) is 0 Å². The number of nitrogens with one attached hydrogen (secondary N) is 1. The molecule has 0 fully saturated rings. The number of rotatable bonds is 3. The van der Waals surface area contributed by atoms with E-state index in [-0.39, 0.29) is 6.04 Å². The molecule has 6 heteroatoms. The van der Waals surface area contributed by atoms with Crippen LogP contribution < -0.4 is 5.32 Å². The van der Waals surface area contributed by atoms with E-state index in [2.05, 4.69) is 36.2 Å². The Balaban J connectivity index is 2.19. The Morgan fingerprint density at radius 1 is 1.29 bits per heavy atom. The number of hydrogen-bond acceptors (Lipinski definition) is 4. The van der Waals surface area contributed by atoms with Crippen LogP contribution in [0.5, 0.6) is 0 Å². The van der Waals surface area contributed by atoms with Crippen LogP contribution in [0.15, 0.2) is 35.2 Å². The summed E-state index contributed by atoms with van der Waals surface area (Å²) in [5, 5.41) is 3.61. The van der Waals surface area contributed by atoms with E-state index in [1.807, 2.05) is 25.1 Å². The maximum Gasteiger partial charge on any atom is 0.148 e. The highest BCUT2D eigenvalue weighted by Gasteiger charge is 2.11. The maximum atomic E-state index is 5.89. The standard InChI is InChI=1S/C11H10BrClN4/c1-7(8-4-2-3-5-14-8)17-11-9(12)10(13)15-6-16-11/h2-7H,1H3,(H,15,16,17). The van der Waals surface area contributed by atoms with Crippen LogP contribution in [0.25, 0.3) is 0 Å². The van der Waals surface area contributed by atoms with Gasteiger partial charge in [0.15, 0.2) is 0 Å². The minimum atomic E-state index is 0.0402. The van der Waals surface area contributed by atoms with Crippen LogP contribution in [0.1, 0.15) is 18.7 Å². The third-order valence-electron chi connectivity index (χ3n) is 2.23. The highest BCUT2D eigenvalue weighted by atomic mass is 79.9. The molecule has 0 bridgehead atoms. The second-order valence-electron chi connectivity index (χ2n) is 3.45. The lowest BCUT2D eigenvalue weighted by Gasteiger charge is -2.14. The van der Waals surface area contributed by atoms with Gasteiger partial charge in [-0.25, -0.2) is 9.97 Å². The monoisotopic (exact) mass is 312 g/mol. The van der Waals surface area contributed by atoms with E-state index in [1.54, 1.807) is 6.20 Å². The molecule has 2 heterocycles. The van der Waals surface area contributed by atoms with Crippen molar-refractivity contribution in [1.29, 1.82) is 0 Å². The Morgan fingerprint density at radius 3 is 2.82 bits per heavy atom. The number of halogens is 2. The van der Waals surface area contributed by atoms with Gasteiger partial charge in [0.05, 0.1) is 16.2 Å². The fourth-order valence-electron chi connectivity index (χ4n) is 1.36. The molecule has 1 N–H and O–H groups in total. The molecule has 2 rings (SSSR count). The highest BCUT2D eigenvalue weighted by Crippen LogP contribution is 2.28. The molecule has 2 aromatic rings. The number of nitrogens with zero attached hydrogens (tertiary/aromatic N) is 3. The molecule has 0 aliphatic rings. The van der Waals surface area contributed by atoms with E-state index in [0.29, 0.717) is 15.4 Å². The van der Waals surface area contributed by atoms with Crippen molar-refractivity contribution in [2.45, 2.75) is 13.0 Å². The molecule has 1 atom stereocenters. The quantitative estimate of drug-likeness (QED) is 0.882. The van der Waals surface area contributed by atoms with E-state index in [0.717, 1.165) is 5.69 Å². The van der Waals surface area contributed by atoms with Crippen LogP contribution in [-0.4, -0.2) is 15.0 Å². The van der Waals surface area contributed by atoms with Crippen LogP contribution in [0, 0.1) is 0 Å². The summed E-state index contributed by atoms with van der Waals surface area (Å²) in [4.78, 5) is 12.3. The molecule has 0 amide bonds. The number of aromatic nitrogens is 3. The van der Waals surface area contributed by atoms with Crippen molar-refractivity contribution >= 4 is 33.3 Å². The zero-order chi connectivity index (χ0) is 12.3. The normalized spacial score (nSPS) is 12.2. The summed E-state index contributed by atoms with van der Waals surface area (Å²) in [6.07, 6.45) is 3.18. The van der Waals surface area contributed by atoms with Gasteiger partial charge in [-0.15, -0.1) is 0 Å². The molecule has 2 aromatic heterocycles. The maximum absolute atomic E-state index is 5.89. The summed E-state index contributed by atoms with van der Waals surface area (Å²) in [6.45, 7) is 2.00. The predicted octanol–water partition coefficient (Wildman–Crippen LogP) is 3.46. The first-order chi connectivity index (χ1) is 8.18. The molecule has 88 valence electrons. The van der Waals surface area contributed by atoms with Gasteiger partial charge in [0.2, 0.25) is 0 Å². The van der Waals surface area contributed by atoms with E-state index in [4.69, 9.17) is 11.6 Å². The fourth-order valence-corrected chi connectivity index (χ4v) is 1.81. The Morgan fingerprint density at radius 2 is 2.12 bits per heavy atom. The van der Waals surface area contributed by atoms with Crippen molar-refractivity contribution < 1.29 is 0 Å². The van der Waals surface area contributed by atoms with Crippen LogP contribution in [-0.2, 0) is 0 Å². The molecule has 17 heavy (non-hydrogen) atoms. The Labute approximate surface area is 113 Å². The summed E-state index contributed by atoms with van der Waals surface area (Å²) in [5.41, 5.74) is 0.939. The average molecular weight is 314 g/mol. The van der Waals surface area contributed by atoms with Gasteiger partial charge in [0.25, 0.3) is 0 Å². The van der Waals surface area contributed by atoms with E-state index in [9.17, 15) is 0 Å². The van der Waals surface area contributed by atoms with E-state index >= 15 is 0 Å². The van der Waals surface area contributed by atoms with Gasteiger partial charge in [-0.2, -0.15) is 0 Å². The molecular weight excluding hydrogens is 304 g/mol. The highest BCUT2D eigenvalue weighted by molar-refractivity contribution is 9.10. The molecule has 0 saturated carbocycles. The van der Waals surface area contributed by atoms with Crippen molar-refractivity contribution in [2.24, 2.45) is 0 Å². The first-order valence-electron chi connectivity index (χ1n) is 5.02. The molecule has 0 radical (unpaired) electrons. The molecule has 0 spiro atoms. The second-order valence-corrected chi connectivity index (χ2v) is 4.60. The lowest BCUT2D eigenvalue weighted by molar-refractivity contribution is 0.828. The Kier molecular flexibility index (Phi) is 3.91. The van der Waals surface area contributed by atoms with Gasteiger partial charge in [0.1, 0.15) is 17.3 Å². The van der Waals surface area contributed by atoms with Crippen LogP contribution in [0.2, 0.25) is 5.15 Å². The first kappa shape index (κ1) is 12.3. The SMILES string of the molecule is CC(Nc1ncnc(Cl)c1Br)c1ccccn1. The average Bonchev–Trinajstić information content (AvgIpc) is 2.36. The van der Waals surface area contributed by atoms with Gasteiger partial charge < -0.3 is 5.32 Å². The predicted molar refractivity (Wildman–Crippen MR) is 71.0 cm³/mol. The third-order valence-corrected chi connectivity index (χ3v) is 3.50. The lowest BCUT2D eigenvalue weighted by atomic mass is 10.2. The van der Waals surface area contributed by atoms with E-state index in [1.165, 1.54) is 6.33 Å². The van der Waals surface area contributed by atoms with Gasteiger partial charge in [-0.05, 0) is 35.0 Å². The first-order valence-corrected chi connectivity index (χ1v) is 6.19. The summed E-state index contributed by atoms with van der Waals surface area (Å²) in [7, 11) is 0. The zero-order valence-corrected chi connectivity index (χ0v) is 11.4. The van der Waals surface area contributed by atoms with Crippen molar-refractivity contribution in [1.82, 2.24) is 15.0 Å². The fraction of sp³-hybridized carbons (Fsp3) is 0.182. The summed E-state index contributed by atoms with van der Waals surface area (Å²) in [5.74, 6) is 0.656. The summed E-state index contributed by atoms with van der Waals surface area (Å²) >= 11 is 9.23. The largest absolute Gasteiger partial charge is 0.361 e. The Bertz CT molecular complexity index is 506. The second kappa shape index (κ2) is 5.42. The number of hydrogen-bond donors (Lipinski definition) is 1. The van der Waals surface area contributed by atoms with Crippen molar-refractivity contribution in [2.75, 3.05) is 5.32 Å². The van der Waals surface area contributed by atoms with Crippen LogP contribution >= 0.6 is 27.5 Å². The smallest absolute Gasteiger partial charge is 0.148 e. The molecule has 0 aromatic carbocycles. The molecule has 0 aliphatic carbocycles. The topological polar surface area (TPSA) is 50.7 Å². The minimum Gasteiger partial charge on any atom is -0.361 e. The third kappa shape index (κ3) is 2.92. The molecule has 0 saturated heterocycles. The van der Waals surface area contributed by atoms with Gasteiger partial charge in [-0.3, -0.25) is 4.98 Å². The van der Waals surface area contributed by atoms with Crippen molar-refractivity contribution in [3.8, 4) is 0 Å². The number of pyridine rings is 1. The lowest BCUT2D eigenvalue weighted by Crippen LogP contribution is -2.10. The van der Waals surface area contributed by atoms with E-state index < -0.39 is 0 Å². The number of anilines is 1. The van der Waals surface area contributed by atoms with Crippen molar-refractivity contribution in [3.05, 3.63) is 46.0 Å². The molecular formula is C11H10BrClN4. The van der Waals surface area contributed by atoms with Gasteiger partial charge in [-0.1, -0.05) is 17.7 Å². The molecule has 0 aliphatic heterocycles. The van der Waals surface area contributed by atoms with Crippen LogP contribution in [0.4, 0.5) is 5.82 Å². The van der Waals surface area contributed by atoms with Gasteiger partial charge in [0, 0.05) is 6.20 Å². The molecule has 1 unspecified atom stereocenters. The summed E-state index contributed by atoms with van der Waals surface area (Å²) in [6, 6.07) is 5.82. The van der Waals surface area contributed by atoms with Crippen molar-refractivity contribution in [3.63, 3.8) is 0 Å². The molecule has 4 nitrogen and oxygen atoms in total. The summed E-state index contributed by atoms with van der Waals surface area (Å²) < 4.78 is 0.657. The Hall–Kier alpha value is -1.20. The minimum absolute atomic E-state index is 0.0402.